The first kappa shape index (κ1) is 15.4. The number of hydrogen-bond acceptors (Lipinski definition) is 4. The lowest BCUT2D eigenvalue weighted by atomic mass is 10.2. The Hall–Kier alpha value is -3.16. The molecule has 0 aliphatic carbocycles. The summed E-state index contributed by atoms with van der Waals surface area (Å²) >= 11 is 0. The van der Waals surface area contributed by atoms with Crippen LogP contribution in [0.4, 0.5) is 10.2 Å². The molecule has 1 aromatic carbocycles. The fraction of sp³-hybridized carbons (Fsp3) is 0.235. The number of fused-ring (bicyclic) bond motifs is 1. The molecule has 128 valence electrons. The van der Waals surface area contributed by atoms with Gasteiger partial charge in [-0.2, -0.15) is 5.10 Å². The van der Waals surface area contributed by atoms with Gasteiger partial charge in [-0.3, -0.25) is 9.59 Å². The van der Waals surface area contributed by atoms with Crippen LogP contribution < -0.4 is 10.5 Å². The SMILES string of the molecule is O=C(c1cc2c(F)cccc2[nH]1)N1CCN(c2ccc(=O)[nH]n2)CC1. The predicted octanol–water partition coefficient (Wildman–Crippen LogP) is 1.35. The Kier molecular flexibility index (Phi) is 3.72. The van der Waals surface area contributed by atoms with Gasteiger partial charge in [-0.1, -0.05) is 6.07 Å². The van der Waals surface area contributed by atoms with Crippen molar-refractivity contribution in [1.82, 2.24) is 20.1 Å². The fourth-order valence-corrected chi connectivity index (χ4v) is 3.06. The number of carbonyl (C=O) groups is 1. The zero-order valence-electron chi connectivity index (χ0n) is 13.3. The molecule has 1 aliphatic heterocycles. The molecule has 1 fully saturated rings. The summed E-state index contributed by atoms with van der Waals surface area (Å²) < 4.78 is 13.8. The molecule has 7 nitrogen and oxygen atoms in total. The van der Waals surface area contributed by atoms with Crippen LogP contribution in [0.5, 0.6) is 0 Å². The third-order valence-corrected chi connectivity index (χ3v) is 4.40. The zero-order valence-corrected chi connectivity index (χ0v) is 13.3. The molecular weight excluding hydrogens is 325 g/mol. The van der Waals surface area contributed by atoms with Crippen LogP contribution in [0.2, 0.25) is 0 Å². The molecule has 8 heteroatoms. The standard InChI is InChI=1S/C17H16FN5O2/c18-12-2-1-3-13-11(12)10-14(19-13)17(25)23-8-6-22(7-9-23)15-4-5-16(24)21-20-15/h1-5,10,19H,6-9H2,(H,21,24). The van der Waals surface area contributed by atoms with Crippen molar-refractivity contribution in [3.63, 3.8) is 0 Å². The minimum atomic E-state index is -0.346. The third-order valence-electron chi connectivity index (χ3n) is 4.40. The van der Waals surface area contributed by atoms with Crippen LogP contribution in [0.1, 0.15) is 10.5 Å². The number of aromatic amines is 2. The number of H-pyrrole nitrogens is 2. The second-order valence-electron chi connectivity index (χ2n) is 5.94. The summed E-state index contributed by atoms with van der Waals surface area (Å²) in [6.07, 6.45) is 0. The Labute approximate surface area is 142 Å². The van der Waals surface area contributed by atoms with Crippen LogP contribution in [-0.2, 0) is 0 Å². The number of anilines is 1. The molecule has 1 amide bonds. The molecule has 1 aliphatic rings. The monoisotopic (exact) mass is 341 g/mol. The van der Waals surface area contributed by atoms with E-state index in [1.807, 2.05) is 4.90 Å². The van der Waals surface area contributed by atoms with Crippen molar-refractivity contribution >= 4 is 22.6 Å². The van der Waals surface area contributed by atoms with E-state index in [9.17, 15) is 14.0 Å². The molecule has 0 saturated carbocycles. The topological polar surface area (TPSA) is 85.1 Å². The van der Waals surface area contributed by atoms with Gasteiger partial charge in [0.05, 0.1) is 0 Å². The first-order valence-electron chi connectivity index (χ1n) is 7.99. The molecule has 2 aromatic heterocycles. The van der Waals surface area contributed by atoms with E-state index in [0.717, 1.165) is 0 Å². The summed E-state index contributed by atoms with van der Waals surface area (Å²) in [5.74, 6) is 0.186. The highest BCUT2D eigenvalue weighted by atomic mass is 19.1. The summed E-state index contributed by atoms with van der Waals surface area (Å²) in [5.41, 5.74) is 0.749. The molecule has 1 saturated heterocycles. The van der Waals surface area contributed by atoms with Crippen LogP contribution >= 0.6 is 0 Å². The molecule has 2 N–H and O–H groups in total. The number of aromatic nitrogens is 3. The van der Waals surface area contributed by atoms with E-state index in [4.69, 9.17) is 0 Å². The highest BCUT2D eigenvalue weighted by Gasteiger charge is 2.24. The third kappa shape index (κ3) is 2.86. The van der Waals surface area contributed by atoms with Gasteiger partial charge in [-0.25, -0.2) is 9.49 Å². The Bertz CT molecular complexity index is 968. The fourth-order valence-electron chi connectivity index (χ4n) is 3.06. The number of piperazine rings is 1. The normalized spacial score (nSPS) is 14.9. The minimum absolute atomic E-state index is 0.148. The van der Waals surface area contributed by atoms with E-state index in [0.29, 0.717) is 48.6 Å². The molecule has 4 rings (SSSR count). The molecule has 3 heterocycles. The molecule has 0 spiro atoms. The summed E-state index contributed by atoms with van der Waals surface area (Å²) in [6, 6.07) is 9.38. The van der Waals surface area contributed by atoms with Crippen LogP contribution in [-0.4, -0.2) is 52.2 Å². The van der Waals surface area contributed by atoms with Crippen molar-refractivity contribution in [1.29, 1.82) is 0 Å². The second kappa shape index (κ2) is 6.04. The Balaban J connectivity index is 1.48. The van der Waals surface area contributed by atoms with Crippen LogP contribution in [0.3, 0.4) is 0 Å². The van der Waals surface area contributed by atoms with Gasteiger partial charge in [0.1, 0.15) is 17.3 Å². The van der Waals surface area contributed by atoms with E-state index in [2.05, 4.69) is 15.2 Å². The maximum Gasteiger partial charge on any atom is 0.270 e. The average Bonchev–Trinajstić information content (AvgIpc) is 3.08. The summed E-state index contributed by atoms with van der Waals surface area (Å²) in [5, 5.41) is 6.83. The molecular formula is C17H16FN5O2. The number of nitrogens with zero attached hydrogens (tertiary/aromatic N) is 3. The Morgan fingerprint density at radius 3 is 2.60 bits per heavy atom. The van der Waals surface area contributed by atoms with Gasteiger partial charge in [0.15, 0.2) is 0 Å². The van der Waals surface area contributed by atoms with Gasteiger partial charge in [-0.05, 0) is 24.3 Å². The lowest BCUT2D eigenvalue weighted by Crippen LogP contribution is -2.49. The molecule has 0 unspecified atom stereocenters. The smallest absolute Gasteiger partial charge is 0.270 e. The van der Waals surface area contributed by atoms with E-state index < -0.39 is 0 Å². The van der Waals surface area contributed by atoms with Gasteiger partial charge in [0.2, 0.25) is 0 Å². The van der Waals surface area contributed by atoms with Gasteiger partial charge in [-0.15, -0.1) is 0 Å². The minimum Gasteiger partial charge on any atom is -0.352 e. The maximum absolute atomic E-state index is 13.8. The Morgan fingerprint density at radius 1 is 1.12 bits per heavy atom. The van der Waals surface area contributed by atoms with Crippen LogP contribution in [0.15, 0.2) is 41.2 Å². The number of carbonyl (C=O) groups excluding carboxylic acids is 1. The van der Waals surface area contributed by atoms with E-state index >= 15 is 0 Å². The van der Waals surface area contributed by atoms with Crippen molar-refractivity contribution in [2.75, 3.05) is 31.1 Å². The first-order chi connectivity index (χ1) is 12.1. The summed E-state index contributed by atoms with van der Waals surface area (Å²) in [6.45, 7) is 2.27. The van der Waals surface area contributed by atoms with Gasteiger partial charge in [0, 0.05) is 43.1 Å². The number of amides is 1. The summed E-state index contributed by atoms with van der Waals surface area (Å²) in [4.78, 5) is 30.5. The lowest BCUT2D eigenvalue weighted by Gasteiger charge is -2.34. The van der Waals surface area contributed by atoms with Crippen molar-refractivity contribution < 1.29 is 9.18 Å². The zero-order chi connectivity index (χ0) is 17.4. The number of hydrogen-bond donors (Lipinski definition) is 2. The number of benzene rings is 1. The average molecular weight is 341 g/mol. The van der Waals surface area contributed by atoms with Crippen molar-refractivity contribution in [2.45, 2.75) is 0 Å². The van der Waals surface area contributed by atoms with E-state index in [1.54, 1.807) is 29.2 Å². The van der Waals surface area contributed by atoms with Gasteiger partial charge >= 0.3 is 0 Å². The van der Waals surface area contributed by atoms with Crippen LogP contribution in [0.25, 0.3) is 10.9 Å². The summed E-state index contributed by atoms with van der Waals surface area (Å²) in [7, 11) is 0. The molecule has 0 radical (unpaired) electrons. The Morgan fingerprint density at radius 2 is 1.92 bits per heavy atom. The number of nitrogens with one attached hydrogen (secondary N) is 2. The largest absolute Gasteiger partial charge is 0.352 e. The first-order valence-corrected chi connectivity index (χ1v) is 7.99. The molecule has 0 bridgehead atoms. The van der Waals surface area contributed by atoms with Gasteiger partial charge < -0.3 is 14.8 Å². The number of rotatable bonds is 2. The predicted molar refractivity (Wildman–Crippen MR) is 91.2 cm³/mol. The van der Waals surface area contributed by atoms with E-state index in [-0.39, 0.29) is 17.3 Å². The van der Waals surface area contributed by atoms with Crippen molar-refractivity contribution in [2.24, 2.45) is 0 Å². The quantitative estimate of drug-likeness (QED) is 0.737. The lowest BCUT2D eigenvalue weighted by molar-refractivity contribution is 0.0741. The number of halogens is 1. The van der Waals surface area contributed by atoms with Gasteiger partial charge in [0.25, 0.3) is 11.5 Å². The second-order valence-corrected chi connectivity index (χ2v) is 5.94. The highest BCUT2D eigenvalue weighted by Crippen LogP contribution is 2.20. The maximum atomic E-state index is 13.8. The van der Waals surface area contributed by atoms with E-state index in [1.165, 1.54) is 12.1 Å². The van der Waals surface area contributed by atoms with Crippen molar-refractivity contribution in [3.8, 4) is 0 Å². The van der Waals surface area contributed by atoms with Crippen molar-refractivity contribution in [3.05, 3.63) is 58.3 Å². The molecule has 3 aromatic rings. The molecule has 25 heavy (non-hydrogen) atoms. The van der Waals surface area contributed by atoms with Crippen LogP contribution in [0, 0.1) is 5.82 Å². The highest BCUT2D eigenvalue weighted by molar-refractivity contribution is 5.98. The molecule has 0 atom stereocenters.